The Morgan fingerprint density at radius 1 is 1.00 bits per heavy atom. The number of rotatable bonds is 8. The molecule has 1 unspecified atom stereocenters. The van der Waals surface area contributed by atoms with Crippen LogP contribution in [0.3, 0.4) is 0 Å². The zero-order chi connectivity index (χ0) is 28.3. The van der Waals surface area contributed by atoms with Gasteiger partial charge in [-0.05, 0) is 70.2 Å². The third kappa shape index (κ3) is 6.58. The van der Waals surface area contributed by atoms with E-state index in [9.17, 15) is 13.2 Å². The quantitative estimate of drug-likeness (QED) is 0.518. The third-order valence-corrected chi connectivity index (χ3v) is 10.4. The molecule has 4 heterocycles. The molecule has 1 atom stereocenters. The van der Waals surface area contributed by atoms with Crippen molar-refractivity contribution in [3.63, 3.8) is 0 Å². The molecule has 2 aromatic rings. The minimum absolute atomic E-state index is 0.0222. The van der Waals surface area contributed by atoms with Crippen molar-refractivity contribution in [2.24, 2.45) is 5.92 Å². The first-order valence-electron chi connectivity index (χ1n) is 14.5. The number of sulfonamides is 1. The summed E-state index contributed by atoms with van der Waals surface area (Å²) >= 11 is 0. The molecule has 0 bridgehead atoms. The molecule has 0 spiro atoms. The van der Waals surface area contributed by atoms with Gasteiger partial charge in [-0.3, -0.25) is 4.79 Å². The lowest BCUT2D eigenvalue weighted by molar-refractivity contribution is 0.0542. The Bertz CT molecular complexity index is 1260. The van der Waals surface area contributed by atoms with Crippen molar-refractivity contribution in [1.82, 2.24) is 24.1 Å². The van der Waals surface area contributed by atoms with Gasteiger partial charge in [0.25, 0.3) is 5.91 Å². The molecular weight excluding hydrogens is 526 g/mol. The number of hydrogen-bond acceptors (Lipinski definition) is 8. The van der Waals surface area contributed by atoms with E-state index >= 15 is 0 Å². The molecule has 0 aliphatic carbocycles. The standard InChI is InChI=1S/C29H43N7O3S/c1-22-27(31-21-32-28(22)30-19-23-9-14-36(20-23)25-7-5-4-6-8-25)29(37)35-17-12-26(13-18-35)34-15-10-24(11-16-34)33(2)40(3,38)39/h4-8,21,23-24,26H,9-20H2,1-3H3,(H,30,31,32). The van der Waals surface area contributed by atoms with Crippen LogP contribution in [0, 0.1) is 12.8 Å². The van der Waals surface area contributed by atoms with E-state index in [1.165, 1.54) is 22.6 Å². The molecule has 5 rings (SSSR count). The minimum atomic E-state index is -3.16. The number of carbonyl (C=O) groups is 1. The van der Waals surface area contributed by atoms with Crippen molar-refractivity contribution in [3.8, 4) is 0 Å². The molecule has 11 heteroatoms. The lowest BCUT2D eigenvalue weighted by Crippen LogP contribution is -2.52. The van der Waals surface area contributed by atoms with Crippen molar-refractivity contribution in [1.29, 1.82) is 0 Å². The van der Waals surface area contributed by atoms with Crippen LogP contribution in [0.2, 0.25) is 0 Å². The van der Waals surface area contributed by atoms with Gasteiger partial charge < -0.3 is 20.0 Å². The predicted octanol–water partition coefficient (Wildman–Crippen LogP) is 2.68. The number of para-hydroxylation sites is 1. The van der Waals surface area contributed by atoms with Gasteiger partial charge >= 0.3 is 0 Å². The van der Waals surface area contributed by atoms with E-state index in [2.05, 4.69) is 49.4 Å². The number of amides is 1. The molecule has 40 heavy (non-hydrogen) atoms. The Hall–Kier alpha value is -2.76. The van der Waals surface area contributed by atoms with Gasteiger partial charge in [0.05, 0.1) is 6.26 Å². The monoisotopic (exact) mass is 569 g/mol. The highest BCUT2D eigenvalue weighted by molar-refractivity contribution is 7.88. The van der Waals surface area contributed by atoms with E-state index in [1.807, 2.05) is 17.9 Å². The molecule has 10 nitrogen and oxygen atoms in total. The van der Waals surface area contributed by atoms with Crippen molar-refractivity contribution in [2.75, 3.05) is 69.3 Å². The summed E-state index contributed by atoms with van der Waals surface area (Å²) in [5, 5.41) is 3.50. The number of benzene rings is 1. The highest BCUT2D eigenvalue weighted by Gasteiger charge is 2.33. The second-order valence-corrected chi connectivity index (χ2v) is 13.6. The largest absolute Gasteiger partial charge is 0.371 e. The molecule has 1 amide bonds. The molecule has 3 aliphatic rings. The zero-order valence-electron chi connectivity index (χ0n) is 24.0. The van der Waals surface area contributed by atoms with Crippen LogP contribution < -0.4 is 10.2 Å². The molecule has 1 N–H and O–H groups in total. The van der Waals surface area contributed by atoms with E-state index in [0.29, 0.717) is 30.7 Å². The normalized spacial score (nSPS) is 21.8. The number of carbonyl (C=O) groups excluding carboxylic acids is 1. The van der Waals surface area contributed by atoms with E-state index in [0.717, 1.165) is 76.2 Å². The maximum Gasteiger partial charge on any atom is 0.272 e. The number of nitrogens with one attached hydrogen (secondary N) is 1. The topological polar surface area (TPSA) is 102 Å². The average Bonchev–Trinajstić information content (AvgIpc) is 3.45. The van der Waals surface area contributed by atoms with Gasteiger partial charge in [0.15, 0.2) is 0 Å². The number of anilines is 2. The fourth-order valence-corrected chi connectivity index (χ4v) is 7.18. The minimum Gasteiger partial charge on any atom is -0.371 e. The second-order valence-electron chi connectivity index (χ2n) is 11.6. The van der Waals surface area contributed by atoms with Gasteiger partial charge in [-0.1, -0.05) is 18.2 Å². The average molecular weight is 570 g/mol. The Morgan fingerprint density at radius 2 is 1.70 bits per heavy atom. The lowest BCUT2D eigenvalue weighted by atomic mass is 9.97. The highest BCUT2D eigenvalue weighted by Crippen LogP contribution is 2.27. The fraction of sp³-hybridized carbons (Fsp3) is 0.621. The smallest absolute Gasteiger partial charge is 0.272 e. The first kappa shape index (κ1) is 28.8. The van der Waals surface area contributed by atoms with E-state index in [1.54, 1.807) is 7.05 Å². The van der Waals surface area contributed by atoms with Crippen molar-refractivity contribution in [2.45, 2.75) is 51.1 Å². The van der Waals surface area contributed by atoms with Crippen molar-refractivity contribution >= 4 is 27.4 Å². The fourth-order valence-electron chi connectivity index (χ4n) is 6.43. The molecule has 218 valence electrons. The number of nitrogens with zero attached hydrogens (tertiary/aromatic N) is 6. The first-order valence-corrected chi connectivity index (χ1v) is 16.4. The number of piperidine rings is 2. The van der Waals surface area contributed by atoms with Gasteiger partial charge in [0, 0.05) is 63.1 Å². The third-order valence-electron chi connectivity index (χ3n) is 9.06. The Morgan fingerprint density at radius 3 is 2.38 bits per heavy atom. The summed E-state index contributed by atoms with van der Waals surface area (Å²) in [6.07, 6.45) is 7.45. The molecular formula is C29H43N7O3S. The predicted molar refractivity (Wildman–Crippen MR) is 158 cm³/mol. The molecule has 3 saturated heterocycles. The van der Waals surface area contributed by atoms with E-state index in [4.69, 9.17) is 0 Å². The van der Waals surface area contributed by atoms with Crippen LogP contribution in [0.25, 0.3) is 0 Å². The van der Waals surface area contributed by atoms with E-state index < -0.39 is 10.0 Å². The van der Waals surface area contributed by atoms with Gasteiger partial charge in [0.2, 0.25) is 10.0 Å². The van der Waals surface area contributed by atoms with Crippen LogP contribution in [-0.2, 0) is 10.0 Å². The Labute approximate surface area is 238 Å². The molecule has 3 fully saturated rings. The number of hydrogen-bond donors (Lipinski definition) is 1. The van der Waals surface area contributed by atoms with Gasteiger partial charge in [-0.25, -0.2) is 22.7 Å². The first-order chi connectivity index (χ1) is 19.2. The number of aromatic nitrogens is 2. The van der Waals surface area contributed by atoms with Crippen LogP contribution in [0.1, 0.15) is 48.2 Å². The second kappa shape index (κ2) is 12.4. The lowest BCUT2D eigenvalue weighted by Gasteiger charge is -2.43. The van der Waals surface area contributed by atoms with Crippen molar-refractivity contribution in [3.05, 3.63) is 47.9 Å². The van der Waals surface area contributed by atoms with Crippen LogP contribution >= 0.6 is 0 Å². The highest BCUT2D eigenvalue weighted by atomic mass is 32.2. The van der Waals surface area contributed by atoms with Gasteiger partial charge in [-0.15, -0.1) is 0 Å². The zero-order valence-corrected chi connectivity index (χ0v) is 24.8. The summed E-state index contributed by atoms with van der Waals surface area (Å²) in [5.41, 5.74) is 2.56. The summed E-state index contributed by atoms with van der Waals surface area (Å²) in [7, 11) is -1.48. The van der Waals surface area contributed by atoms with Gasteiger partial charge in [-0.2, -0.15) is 0 Å². The SMILES string of the molecule is Cc1c(NCC2CCN(c3ccccc3)C2)ncnc1C(=O)N1CCC(N2CCC(N(C)S(C)(=O)=O)CC2)CC1. The number of likely N-dealkylation sites (tertiary alicyclic amines) is 2. The summed E-state index contributed by atoms with van der Waals surface area (Å²) < 4.78 is 25.3. The van der Waals surface area contributed by atoms with Crippen LogP contribution in [-0.4, -0.2) is 110 Å². The molecule has 1 aromatic heterocycles. The molecule has 1 aromatic carbocycles. The Kier molecular flexibility index (Phi) is 8.92. The summed E-state index contributed by atoms with van der Waals surface area (Å²) in [4.78, 5) is 29.1. The summed E-state index contributed by atoms with van der Waals surface area (Å²) in [6, 6.07) is 11.0. The van der Waals surface area contributed by atoms with Crippen LogP contribution in [0.4, 0.5) is 11.5 Å². The Balaban J connectivity index is 1.10. The molecule has 0 radical (unpaired) electrons. The van der Waals surface area contributed by atoms with Crippen LogP contribution in [0.15, 0.2) is 36.7 Å². The summed E-state index contributed by atoms with van der Waals surface area (Å²) in [6.45, 7) is 8.01. The van der Waals surface area contributed by atoms with E-state index in [-0.39, 0.29) is 11.9 Å². The van der Waals surface area contributed by atoms with Crippen LogP contribution in [0.5, 0.6) is 0 Å². The maximum atomic E-state index is 13.5. The summed E-state index contributed by atoms with van der Waals surface area (Å²) in [5.74, 6) is 1.24. The van der Waals surface area contributed by atoms with Crippen molar-refractivity contribution < 1.29 is 13.2 Å². The molecule has 0 saturated carbocycles. The maximum absolute atomic E-state index is 13.5. The van der Waals surface area contributed by atoms with Gasteiger partial charge in [0.1, 0.15) is 17.8 Å². The molecule has 3 aliphatic heterocycles.